The van der Waals surface area contributed by atoms with Gasteiger partial charge in [0.2, 0.25) is 6.79 Å². The molecule has 3 aromatic carbocycles. The molecule has 4 heterocycles. The highest BCUT2D eigenvalue weighted by atomic mass is 32.2. The van der Waals surface area contributed by atoms with Crippen molar-refractivity contribution >= 4 is 29.6 Å². The molecule has 3 aromatic rings. The number of amides is 1. The molecule has 3 saturated heterocycles. The lowest BCUT2D eigenvalue weighted by atomic mass is 9.65. The second-order valence-electron chi connectivity index (χ2n) is 18.8. The first-order chi connectivity index (χ1) is 31.6. The number of nitriles is 1. The van der Waals surface area contributed by atoms with E-state index in [1.807, 2.05) is 49.2 Å². The van der Waals surface area contributed by atoms with Gasteiger partial charge in [0.15, 0.2) is 41.2 Å². The number of thioether (sulfide) groups is 1. The molecule has 2 unspecified atom stereocenters. The second kappa shape index (κ2) is 17.6. The van der Waals surface area contributed by atoms with Crippen LogP contribution in [0.3, 0.4) is 0 Å². The van der Waals surface area contributed by atoms with Crippen LogP contribution >= 0.6 is 11.8 Å². The number of hydrogen-bond donors (Lipinski definition) is 2. The Labute approximate surface area is 388 Å². The van der Waals surface area contributed by atoms with Crippen LogP contribution in [0.5, 0.6) is 11.5 Å². The van der Waals surface area contributed by atoms with Crippen molar-refractivity contribution in [3.63, 3.8) is 0 Å². The molecule has 4 aliphatic heterocycles. The number of hydrogen-bond acceptors (Lipinski definition) is 15. The van der Waals surface area contributed by atoms with Crippen molar-refractivity contribution in [1.82, 2.24) is 15.1 Å². The number of aliphatic hydroxyl groups is 1. The molecule has 0 aromatic heterocycles. The van der Waals surface area contributed by atoms with Gasteiger partial charge >= 0.3 is 12.1 Å². The minimum atomic E-state index is -2.14. The maximum Gasteiger partial charge on any atom is 0.408 e. The number of esters is 1. The first kappa shape index (κ1) is 45.6. The monoisotopic (exact) mass is 920 g/mol. The van der Waals surface area contributed by atoms with Gasteiger partial charge in [-0.2, -0.15) is 17.0 Å². The van der Waals surface area contributed by atoms with E-state index in [1.54, 1.807) is 34.8 Å². The van der Waals surface area contributed by atoms with Crippen molar-refractivity contribution in [3.8, 4) is 28.7 Å². The van der Waals surface area contributed by atoms with Gasteiger partial charge < -0.3 is 43.6 Å². The summed E-state index contributed by atoms with van der Waals surface area (Å²) in [5.41, 5.74) is 4.70. The minimum Gasteiger partial charge on any atom is -0.493 e. The Hall–Kier alpha value is -5.57. The van der Waals surface area contributed by atoms with E-state index in [9.17, 15) is 24.8 Å². The fraction of sp³-hybridized carbons (Fsp3) is 0.480. The summed E-state index contributed by atoms with van der Waals surface area (Å²) in [7, 11) is 5.04. The van der Waals surface area contributed by atoms with E-state index in [-0.39, 0.29) is 60.4 Å². The van der Waals surface area contributed by atoms with Crippen molar-refractivity contribution in [3.05, 3.63) is 105 Å². The van der Waals surface area contributed by atoms with Crippen LogP contribution in [0, 0.1) is 18.3 Å². The summed E-state index contributed by atoms with van der Waals surface area (Å²) >= 11 is 1.51. The molecule has 0 spiro atoms. The number of nitrogens with one attached hydrogen (secondary N) is 1. The lowest BCUT2D eigenvalue weighted by Crippen LogP contribution is -2.74. The fourth-order valence-corrected chi connectivity index (χ4v) is 12.3. The zero-order valence-electron chi connectivity index (χ0n) is 38.5. The highest BCUT2D eigenvalue weighted by Crippen LogP contribution is 2.57. The molecule has 16 heteroatoms. The Morgan fingerprint density at radius 2 is 1.71 bits per heavy atom. The number of carbonyl (C=O) groups is 3. The maximum atomic E-state index is 14.6. The highest BCUT2D eigenvalue weighted by Gasteiger charge is 2.64. The predicted octanol–water partition coefficient (Wildman–Crippen LogP) is 6.06. The molecule has 15 nitrogen and oxygen atoms in total. The third-order valence-electron chi connectivity index (χ3n) is 13.8. The molecule has 6 aliphatic rings. The van der Waals surface area contributed by atoms with E-state index in [0.29, 0.717) is 23.7 Å². The van der Waals surface area contributed by atoms with Crippen LogP contribution in [0.15, 0.2) is 77.3 Å². The number of carbonyl (C=O) groups excluding carboxylic acids is 3. The Morgan fingerprint density at radius 1 is 1.03 bits per heavy atom. The van der Waals surface area contributed by atoms with Crippen LogP contribution in [-0.2, 0) is 39.7 Å². The van der Waals surface area contributed by atoms with Crippen molar-refractivity contribution in [2.24, 2.45) is 0 Å². The van der Waals surface area contributed by atoms with Gasteiger partial charge in [0.1, 0.15) is 24.3 Å². The topological polar surface area (TPSA) is 178 Å². The summed E-state index contributed by atoms with van der Waals surface area (Å²) in [6, 6.07) is 16.6. The first-order valence-corrected chi connectivity index (χ1v) is 23.4. The van der Waals surface area contributed by atoms with Gasteiger partial charge in [-0.1, -0.05) is 54.6 Å². The zero-order valence-corrected chi connectivity index (χ0v) is 39.3. The van der Waals surface area contributed by atoms with E-state index in [2.05, 4.69) is 40.6 Å². The van der Waals surface area contributed by atoms with Gasteiger partial charge in [-0.05, 0) is 81.5 Å². The van der Waals surface area contributed by atoms with Crippen molar-refractivity contribution in [2.75, 3.05) is 53.0 Å². The Morgan fingerprint density at radius 3 is 2.36 bits per heavy atom. The summed E-state index contributed by atoms with van der Waals surface area (Å²) in [5, 5.41) is 26.9. The van der Waals surface area contributed by atoms with Gasteiger partial charge in [0.25, 0.3) is 0 Å². The largest absolute Gasteiger partial charge is 0.493 e. The molecule has 66 heavy (non-hydrogen) atoms. The number of Topliss-reactive ketones (excluding diaryl/α,β-unsaturated/α-hetero) is 1. The molecule has 348 valence electrons. The van der Waals surface area contributed by atoms with Gasteiger partial charge in [0, 0.05) is 59.7 Å². The minimum absolute atomic E-state index is 0.0584. The average molecular weight is 921 g/mol. The SMILES string of the molecule is COCOc1c(OC)c(C)cc2c1[C@H]1C3CC4(O)C(=O)C(C)=C5OCOC5=C4[C@H](COC(=O)[C@@H](CSCC4c5ccccc5-c5ccccc54)NC(=O)OC(C)(C)C)N3[C@@H](C#N)[C@H](C2)N1C. The lowest BCUT2D eigenvalue weighted by Gasteiger charge is -2.62. The van der Waals surface area contributed by atoms with Crippen LogP contribution in [-0.4, -0.2) is 127 Å². The number of aryl methyl sites for hydroxylation is 1. The van der Waals surface area contributed by atoms with Crippen LogP contribution in [0.1, 0.15) is 73.9 Å². The van der Waals surface area contributed by atoms with Gasteiger partial charge in [0.05, 0.1) is 25.3 Å². The lowest BCUT2D eigenvalue weighted by molar-refractivity contribution is -0.159. The summed E-state index contributed by atoms with van der Waals surface area (Å²) in [4.78, 5) is 46.7. The fourth-order valence-electron chi connectivity index (χ4n) is 11.2. The molecule has 1 amide bonds. The second-order valence-corrected chi connectivity index (χ2v) is 19.8. The van der Waals surface area contributed by atoms with Crippen LogP contribution in [0.2, 0.25) is 0 Å². The predicted molar refractivity (Wildman–Crippen MR) is 244 cm³/mol. The summed E-state index contributed by atoms with van der Waals surface area (Å²) < 4.78 is 41.4. The number of likely N-dealkylation sites (N-methyl/N-ethyl adjacent to an activating group) is 1. The number of methoxy groups -OCH3 is 2. The quantitative estimate of drug-likeness (QED) is 0.158. The van der Waals surface area contributed by atoms with Crippen LogP contribution in [0.4, 0.5) is 4.79 Å². The Bertz CT molecular complexity index is 2540. The summed E-state index contributed by atoms with van der Waals surface area (Å²) in [6.45, 7) is 8.08. The number of fused-ring (bicyclic) bond motifs is 11. The number of rotatable bonds is 12. The third-order valence-corrected chi connectivity index (χ3v) is 14.9. The summed E-state index contributed by atoms with van der Waals surface area (Å²) in [5.74, 6) is 0.880. The average Bonchev–Trinajstić information content (AvgIpc) is 3.89. The standard InChI is InChI=1S/C50H56N4O11S/c1-26-17-28-18-35-37(20-51)54-36(41(53(35)6)39(28)44(42(26)60-8)62-24-59-7)19-50(58)40(45-43(63-25-64-45)27(2)46(50)55)38(54)21-61-47(56)34(52-48(57)65-49(3,4)5)23-66-22-33-31-15-11-9-13-29(31)30-14-10-12-16-32(30)33/h9-17,33-38,41,58H,18-19,21-25H2,1-8H3,(H,52,57)/t34-,35+,36?,37+,38+,41-,50?/m1/s1. The first-order valence-electron chi connectivity index (χ1n) is 22.2. The zero-order chi connectivity index (χ0) is 46.8. The smallest absolute Gasteiger partial charge is 0.408 e. The van der Waals surface area contributed by atoms with E-state index >= 15 is 0 Å². The molecule has 9 rings (SSSR count). The molecule has 2 bridgehead atoms. The van der Waals surface area contributed by atoms with E-state index in [1.165, 1.54) is 41.1 Å². The maximum absolute atomic E-state index is 14.6. The summed E-state index contributed by atoms with van der Waals surface area (Å²) in [6.07, 6.45) is -0.459. The number of piperidine rings is 1. The van der Waals surface area contributed by atoms with E-state index < -0.39 is 65.9 Å². The van der Waals surface area contributed by atoms with E-state index in [4.69, 9.17) is 33.2 Å². The number of piperazine rings is 1. The van der Waals surface area contributed by atoms with Crippen molar-refractivity contribution in [2.45, 2.75) is 101 Å². The van der Waals surface area contributed by atoms with Gasteiger partial charge in [-0.15, -0.1) is 0 Å². The number of alkyl carbamates (subject to hydrolysis) is 1. The normalized spacial score (nSPS) is 25.8. The van der Waals surface area contributed by atoms with Crippen molar-refractivity contribution < 1.29 is 52.6 Å². The molecular weight excluding hydrogens is 865 g/mol. The molecular formula is C50H56N4O11S. The Kier molecular flexibility index (Phi) is 12.1. The molecule has 0 radical (unpaired) electrons. The number of ether oxygens (including phenoxy) is 7. The van der Waals surface area contributed by atoms with Crippen molar-refractivity contribution in [1.29, 1.82) is 5.26 Å². The van der Waals surface area contributed by atoms with Crippen LogP contribution in [0.25, 0.3) is 11.1 Å². The molecule has 3 fully saturated rings. The number of ketones is 1. The molecule has 2 N–H and O–H groups in total. The van der Waals surface area contributed by atoms with E-state index in [0.717, 1.165) is 16.7 Å². The highest BCUT2D eigenvalue weighted by molar-refractivity contribution is 7.99. The molecule has 0 saturated carbocycles. The van der Waals surface area contributed by atoms with Gasteiger partial charge in [-0.25, -0.2) is 9.59 Å². The third kappa shape index (κ3) is 7.58. The van der Waals surface area contributed by atoms with Crippen LogP contribution < -0.4 is 14.8 Å². The van der Waals surface area contributed by atoms with Gasteiger partial charge in [-0.3, -0.25) is 14.6 Å². The molecule has 7 atom stereocenters. The Balaban J connectivity index is 1.08. The number of nitrogens with zero attached hydrogens (tertiary/aromatic N) is 3. The molecule has 2 aliphatic carbocycles. The number of benzene rings is 3.